The van der Waals surface area contributed by atoms with Gasteiger partial charge in [-0.2, -0.15) is 18.3 Å². The molecule has 0 fully saturated rings. The van der Waals surface area contributed by atoms with E-state index in [1.165, 1.54) is 18.5 Å². The van der Waals surface area contributed by atoms with Gasteiger partial charge in [0.1, 0.15) is 17.8 Å². The number of H-pyrrole nitrogens is 1. The number of halogens is 3. The van der Waals surface area contributed by atoms with Crippen molar-refractivity contribution in [3.8, 4) is 22.6 Å². The molecule has 35 heavy (non-hydrogen) atoms. The first-order valence-corrected chi connectivity index (χ1v) is 10.9. The molecule has 5 rings (SSSR count). The van der Waals surface area contributed by atoms with Crippen LogP contribution in [-0.2, 0) is 19.3 Å². The largest absolute Gasteiger partial charge is 0.416 e. The average Bonchev–Trinajstić information content (AvgIpc) is 3.45. The van der Waals surface area contributed by atoms with Crippen molar-refractivity contribution in [3.63, 3.8) is 0 Å². The topological polar surface area (TPSA) is 75.0 Å². The highest BCUT2D eigenvalue weighted by atomic mass is 19.4. The van der Waals surface area contributed by atoms with Crippen LogP contribution < -0.4 is 0 Å². The molecule has 5 aromatic rings. The minimum atomic E-state index is -4.40. The smallest absolute Gasteiger partial charge is 0.340 e. The standard InChI is InChI=1S/C24H21BF3N7/c1-15-5-4-8-19(31-15)23-22(17-9-10-21-29-14-30-35(21)12-17)32-20(33-23)13-34(25)11-16-6-2-3-7-18(16)24(26,27)28/h2-10,12,14H,11,13,25H2,1H3,(H,32,33). The number of fused-ring (bicyclic) bond motifs is 1. The van der Waals surface area contributed by atoms with Gasteiger partial charge in [-0.25, -0.2) is 14.5 Å². The van der Waals surface area contributed by atoms with Crippen LogP contribution in [0.4, 0.5) is 13.2 Å². The van der Waals surface area contributed by atoms with Crippen LogP contribution in [0, 0.1) is 6.92 Å². The Morgan fingerprint density at radius 3 is 2.63 bits per heavy atom. The third kappa shape index (κ3) is 4.81. The first-order valence-electron chi connectivity index (χ1n) is 10.9. The summed E-state index contributed by atoms with van der Waals surface area (Å²) in [6.45, 7) is 2.34. The molecule has 0 unspecified atom stereocenters. The third-order valence-electron chi connectivity index (χ3n) is 5.63. The van der Waals surface area contributed by atoms with Crippen LogP contribution in [0.3, 0.4) is 0 Å². The number of imidazole rings is 1. The number of nitrogens with one attached hydrogen (secondary N) is 1. The van der Waals surface area contributed by atoms with Crippen molar-refractivity contribution in [3.05, 3.63) is 89.8 Å². The normalized spacial score (nSPS) is 12.0. The lowest BCUT2D eigenvalue weighted by atomic mass is 10.1. The van der Waals surface area contributed by atoms with Crippen molar-refractivity contribution in [2.45, 2.75) is 26.2 Å². The van der Waals surface area contributed by atoms with Gasteiger partial charge in [0, 0.05) is 30.5 Å². The van der Waals surface area contributed by atoms with Gasteiger partial charge in [-0.05, 0) is 42.8 Å². The molecule has 176 valence electrons. The first-order chi connectivity index (χ1) is 16.8. The molecule has 0 radical (unpaired) electrons. The second kappa shape index (κ2) is 8.99. The number of rotatable bonds is 6. The Kier molecular flexibility index (Phi) is 5.85. The summed E-state index contributed by atoms with van der Waals surface area (Å²) in [5.41, 5.74) is 4.10. The number of pyridine rings is 2. The molecule has 1 aromatic carbocycles. The summed E-state index contributed by atoms with van der Waals surface area (Å²) in [4.78, 5) is 18.7. The lowest BCUT2D eigenvalue weighted by Crippen LogP contribution is -2.22. The van der Waals surface area contributed by atoms with Gasteiger partial charge >= 0.3 is 6.18 Å². The van der Waals surface area contributed by atoms with E-state index in [0.29, 0.717) is 29.4 Å². The predicted octanol–water partition coefficient (Wildman–Crippen LogP) is 4.06. The molecule has 0 spiro atoms. The molecule has 0 aliphatic carbocycles. The molecule has 0 saturated carbocycles. The molecular formula is C24H21BF3N7. The quantitative estimate of drug-likeness (QED) is 0.375. The summed E-state index contributed by atoms with van der Waals surface area (Å²) in [5, 5.41) is 4.21. The van der Waals surface area contributed by atoms with Crippen molar-refractivity contribution in [2.75, 3.05) is 0 Å². The lowest BCUT2D eigenvalue weighted by Gasteiger charge is -2.19. The molecule has 0 amide bonds. The van der Waals surface area contributed by atoms with Gasteiger partial charge in [-0.3, -0.25) is 4.98 Å². The van der Waals surface area contributed by atoms with Gasteiger partial charge in [0.25, 0.3) is 0 Å². The Balaban J connectivity index is 1.49. The summed E-state index contributed by atoms with van der Waals surface area (Å²) in [7, 11) is 1.77. The first kappa shape index (κ1) is 22.8. The lowest BCUT2D eigenvalue weighted by molar-refractivity contribution is -0.138. The number of hydrogen-bond donors (Lipinski definition) is 1. The van der Waals surface area contributed by atoms with E-state index in [4.69, 9.17) is 4.98 Å². The Bertz CT molecular complexity index is 1490. The molecule has 0 atom stereocenters. The van der Waals surface area contributed by atoms with E-state index in [2.05, 4.69) is 20.1 Å². The van der Waals surface area contributed by atoms with Crippen molar-refractivity contribution in [2.24, 2.45) is 0 Å². The van der Waals surface area contributed by atoms with Crippen LogP contribution in [0.2, 0.25) is 0 Å². The Morgan fingerprint density at radius 1 is 1.00 bits per heavy atom. The number of aromatic amines is 1. The number of aryl methyl sites for hydroxylation is 1. The molecule has 4 aromatic heterocycles. The van der Waals surface area contributed by atoms with E-state index in [1.807, 2.05) is 43.5 Å². The Hall–Kier alpha value is -3.99. The summed E-state index contributed by atoms with van der Waals surface area (Å²) in [5.74, 6) is 0.615. The zero-order valence-electron chi connectivity index (χ0n) is 19.1. The van der Waals surface area contributed by atoms with Gasteiger partial charge in [-0.1, -0.05) is 24.3 Å². The van der Waals surface area contributed by atoms with Crippen LogP contribution in [0.25, 0.3) is 28.3 Å². The highest BCUT2D eigenvalue weighted by Gasteiger charge is 2.33. The number of alkyl halides is 3. The molecule has 1 N–H and O–H groups in total. The summed E-state index contributed by atoms with van der Waals surface area (Å²) >= 11 is 0. The number of nitrogens with zero attached hydrogens (tertiary/aromatic N) is 6. The van der Waals surface area contributed by atoms with Crippen LogP contribution in [0.15, 0.2) is 67.1 Å². The van der Waals surface area contributed by atoms with E-state index >= 15 is 0 Å². The fraction of sp³-hybridized carbons (Fsp3) is 0.167. The van der Waals surface area contributed by atoms with E-state index < -0.39 is 11.7 Å². The SMILES string of the molecule is BN(Cc1nc(-c2cccc(C)n2)c(-c2ccc3ncnn3c2)[nH]1)Cc1ccccc1C(F)(F)F. The fourth-order valence-corrected chi connectivity index (χ4v) is 4.07. The second-order valence-electron chi connectivity index (χ2n) is 8.38. The van der Waals surface area contributed by atoms with Gasteiger partial charge in [0.15, 0.2) is 13.6 Å². The Morgan fingerprint density at radius 2 is 1.83 bits per heavy atom. The van der Waals surface area contributed by atoms with E-state index in [0.717, 1.165) is 23.0 Å². The average molecular weight is 475 g/mol. The Labute approximate surface area is 200 Å². The molecule has 0 bridgehead atoms. The molecule has 4 heterocycles. The van der Waals surface area contributed by atoms with Gasteiger partial charge < -0.3 is 9.79 Å². The summed E-state index contributed by atoms with van der Waals surface area (Å²) in [6, 6.07) is 15.1. The summed E-state index contributed by atoms with van der Waals surface area (Å²) < 4.78 is 41.9. The number of hydrogen-bond acceptors (Lipinski definition) is 5. The molecule has 7 nitrogen and oxygen atoms in total. The van der Waals surface area contributed by atoms with Crippen molar-refractivity contribution in [1.29, 1.82) is 0 Å². The fourth-order valence-electron chi connectivity index (χ4n) is 4.07. The van der Waals surface area contributed by atoms with Crippen LogP contribution in [0.1, 0.15) is 22.6 Å². The minimum absolute atomic E-state index is 0.120. The number of aromatic nitrogens is 6. The molecule has 0 aliphatic rings. The van der Waals surface area contributed by atoms with Crippen LogP contribution >= 0.6 is 0 Å². The zero-order chi connectivity index (χ0) is 24.6. The number of benzene rings is 1. The van der Waals surface area contributed by atoms with Gasteiger partial charge in [0.05, 0.1) is 17.0 Å². The molecular weight excluding hydrogens is 454 g/mol. The summed E-state index contributed by atoms with van der Waals surface area (Å²) in [6.07, 6.45) is -1.07. The molecule has 11 heteroatoms. The van der Waals surface area contributed by atoms with E-state index in [1.54, 1.807) is 23.4 Å². The maximum absolute atomic E-state index is 13.4. The predicted molar refractivity (Wildman–Crippen MR) is 128 cm³/mol. The molecule has 0 saturated heterocycles. The van der Waals surface area contributed by atoms with Crippen LogP contribution in [-0.4, -0.2) is 42.3 Å². The highest BCUT2D eigenvalue weighted by molar-refractivity contribution is 6.04. The zero-order valence-corrected chi connectivity index (χ0v) is 19.1. The van der Waals surface area contributed by atoms with Crippen LogP contribution in [0.5, 0.6) is 0 Å². The van der Waals surface area contributed by atoms with E-state index in [9.17, 15) is 13.2 Å². The van der Waals surface area contributed by atoms with Gasteiger partial charge in [-0.15, -0.1) is 0 Å². The maximum atomic E-state index is 13.4. The second-order valence-corrected chi connectivity index (χ2v) is 8.38. The third-order valence-corrected chi connectivity index (χ3v) is 5.63. The maximum Gasteiger partial charge on any atom is 0.416 e. The molecule has 0 aliphatic heterocycles. The van der Waals surface area contributed by atoms with Crippen molar-refractivity contribution in [1.82, 2.24) is 34.4 Å². The highest BCUT2D eigenvalue weighted by Crippen LogP contribution is 2.33. The van der Waals surface area contributed by atoms with Crippen molar-refractivity contribution < 1.29 is 13.2 Å². The van der Waals surface area contributed by atoms with Gasteiger partial charge in [0.2, 0.25) is 0 Å². The monoisotopic (exact) mass is 475 g/mol. The van der Waals surface area contributed by atoms with E-state index in [-0.39, 0.29) is 12.1 Å². The minimum Gasteiger partial charge on any atom is -0.340 e. The van der Waals surface area contributed by atoms with Crippen molar-refractivity contribution >= 4 is 13.6 Å².